The van der Waals surface area contributed by atoms with Gasteiger partial charge >= 0.3 is 0 Å². The topological polar surface area (TPSA) is 29.5 Å². The zero-order chi connectivity index (χ0) is 7.23. The molecule has 1 saturated heterocycles. The Morgan fingerprint density at radius 1 is 1.40 bits per heavy atom. The molecule has 1 fully saturated rings. The average molecular weight is 144 g/mol. The first-order valence-corrected chi connectivity index (χ1v) is 4.16. The van der Waals surface area contributed by atoms with Crippen LogP contribution in [0.1, 0.15) is 32.1 Å². The van der Waals surface area contributed by atoms with E-state index in [2.05, 4.69) is 0 Å². The van der Waals surface area contributed by atoms with Gasteiger partial charge < -0.3 is 9.84 Å². The number of aliphatic hydroxyl groups is 1. The standard InChI is InChI=1S/C8H16O2/c9-6-3-5-8-4-1-2-7-10-8/h8-9H,1-7H2. The van der Waals surface area contributed by atoms with Crippen molar-refractivity contribution in [3.05, 3.63) is 0 Å². The first-order valence-electron chi connectivity index (χ1n) is 4.16. The number of rotatable bonds is 3. The smallest absolute Gasteiger partial charge is 0.0576 e. The molecule has 0 aromatic rings. The molecule has 0 aromatic heterocycles. The van der Waals surface area contributed by atoms with Crippen molar-refractivity contribution < 1.29 is 9.84 Å². The van der Waals surface area contributed by atoms with Crippen molar-refractivity contribution in [1.82, 2.24) is 0 Å². The fourth-order valence-corrected chi connectivity index (χ4v) is 1.35. The van der Waals surface area contributed by atoms with Gasteiger partial charge in [-0.15, -0.1) is 0 Å². The van der Waals surface area contributed by atoms with Gasteiger partial charge in [0, 0.05) is 13.2 Å². The van der Waals surface area contributed by atoms with Crippen LogP contribution in [-0.4, -0.2) is 24.4 Å². The normalized spacial score (nSPS) is 26.7. The summed E-state index contributed by atoms with van der Waals surface area (Å²) in [6.45, 7) is 1.23. The molecule has 2 nitrogen and oxygen atoms in total. The van der Waals surface area contributed by atoms with E-state index in [1.165, 1.54) is 19.3 Å². The molecule has 60 valence electrons. The second-order valence-corrected chi connectivity index (χ2v) is 2.85. The number of aliphatic hydroxyl groups excluding tert-OH is 1. The Morgan fingerprint density at radius 3 is 2.90 bits per heavy atom. The van der Waals surface area contributed by atoms with Crippen molar-refractivity contribution in [2.24, 2.45) is 0 Å². The van der Waals surface area contributed by atoms with E-state index in [1.54, 1.807) is 0 Å². The molecule has 1 aliphatic heterocycles. The summed E-state index contributed by atoms with van der Waals surface area (Å²) in [4.78, 5) is 0. The van der Waals surface area contributed by atoms with Crippen molar-refractivity contribution in [2.45, 2.75) is 38.2 Å². The van der Waals surface area contributed by atoms with Crippen molar-refractivity contribution >= 4 is 0 Å². The third-order valence-electron chi connectivity index (χ3n) is 1.96. The molecule has 1 aliphatic rings. The third-order valence-corrected chi connectivity index (χ3v) is 1.96. The lowest BCUT2D eigenvalue weighted by molar-refractivity contribution is 0.00770. The van der Waals surface area contributed by atoms with Crippen LogP contribution >= 0.6 is 0 Å². The summed E-state index contributed by atoms with van der Waals surface area (Å²) in [5.74, 6) is 0. The molecule has 0 aromatic carbocycles. The van der Waals surface area contributed by atoms with Gasteiger partial charge in [-0.1, -0.05) is 0 Å². The molecule has 0 amide bonds. The van der Waals surface area contributed by atoms with Crippen molar-refractivity contribution in [3.8, 4) is 0 Å². The SMILES string of the molecule is OCCCC1CCCCO1. The van der Waals surface area contributed by atoms with Crippen molar-refractivity contribution in [3.63, 3.8) is 0 Å². The number of hydrogen-bond donors (Lipinski definition) is 1. The van der Waals surface area contributed by atoms with Gasteiger partial charge in [0.05, 0.1) is 6.10 Å². The van der Waals surface area contributed by atoms with Gasteiger partial charge in [-0.25, -0.2) is 0 Å². The monoisotopic (exact) mass is 144 g/mol. The highest BCUT2D eigenvalue weighted by atomic mass is 16.5. The van der Waals surface area contributed by atoms with E-state index in [4.69, 9.17) is 9.84 Å². The Kier molecular flexibility index (Phi) is 3.76. The maximum absolute atomic E-state index is 8.54. The molecule has 0 bridgehead atoms. The maximum atomic E-state index is 8.54. The van der Waals surface area contributed by atoms with Crippen LogP contribution in [0.3, 0.4) is 0 Å². The summed E-state index contributed by atoms with van der Waals surface area (Å²) >= 11 is 0. The summed E-state index contributed by atoms with van der Waals surface area (Å²) in [5.41, 5.74) is 0. The van der Waals surface area contributed by atoms with E-state index in [0.29, 0.717) is 12.7 Å². The molecule has 0 radical (unpaired) electrons. The fourth-order valence-electron chi connectivity index (χ4n) is 1.35. The molecule has 1 N–H and O–H groups in total. The molecular weight excluding hydrogens is 128 g/mol. The van der Waals surface area contributed by atoms with E-state index in [0.717, 1.165) is 19.4 Å². The Hall–Kier alpha value is -0.0800. The van der Waals surface area contributed by atoms with E-state index in [9.17, 15) is 0 Å². The highest BCUT2D eigenvalue weighted by Gasteiger charge is 2.12. The molecule has 1 atom stereocenters. The van der Waals surface area contributed by atoms with E-state index in [1.807, 2.05) is 0 Å². The Balaban J connectivity index is 2.02. The minimum atomic E-state index is 0.305. The highest BCUT2D eigenvalue weighted by molar-refractivity contribution is 4.62. The Labute approximate surface area is 62.2 Å². The lowest BCUT2D eigenvalue weighted by Gasteiger charge is -2.21. The van der Waals surface area contributed by atoms with Gasteiger partial charge in [0.15, 0.2) is 0 Å². The van der Waals surface area contributed by atoms with Gasteiger partial charge in [-0.05, 0) is 32.1 Å². The van der Waals surface area contributed by atoms with E-state index in [-0.39, 0.29) is 0 Å². The molecule has 0 saturated carbocycles. The fraction of sp³-hybridized carbons (Fsp3) is 1.00. The Bertz CT molecular complexity index is 77.3. The van der Waals surface area contributed by atoms with Crippen molar-refractivity contribution in [2.75, 3.05) is 13.2 Å². The molecule has 0 spiro atoms. The predicted octanol–water partition coefficient (Wildman–Crippen LogP) is 1.33. The van der Waals surface area contributed by atoms with Crippen LogP contribution in [0, 0.1) is 0 Å². The quantitative estimate of drug-likeness (QED) is 0.647. The Morgan fingerprint density at radius 2 is 2.30 bits per heavy atom. The van der Waals surface area contributed by atoms with Gasteiger partial charge in [-0.3, -0.25) is 0 Å². The van der Waals surface area contributed by atoms with Crippen LogP contribution < -0.4 is 0 Å². The second-order valence-electron chi connectivity index (χ2n) is 2.85. The van der Waals surface area contributed by atoms with Gasteiger partial charge in [-0.2, -0.15) is 0 Å². The van der Waals surface area contributed by atoms with Gasteiger partial charge in [0.1, 0.15) is 0 Å². The summed E-state index contributed by atoms with van der Waals surface area (Å²) in [5, 5.41) is 8.54. The minimum absolute atomic E-state index is 0.305. The first kappa shape index (κ1) is 8.02. The largest absolute Gasteiger partial charge is 0.396 e. The van der Waals surface area contributed by atoms with Crippen LogP contribution in [0.25, 0.3) is 0 Å². The number of hydrogen-bond acceptors (Lipinski definition) is 2. The van der Waals surface area contributed by atoms with E-state index >= 15 is 0 Å². The van der Waals surface area contributed by atoms with Crippen LogP contribution in [0.2, 0.25) is 0 Å². The predicted molar refractivity (Wildman–Crippen MR) is 39.9 cm³/mol. The van der Waals surface area contributed by atoms with Gasteiger partial charge in [0.2, 0.25) is 0 Å². The van der Waals surface area contributed by atoms with Crippen LogP contribution in [0.4, 0.5) is 0 Å². The molecule has 1 unspecified atom stereocenters. The van der Waals surface area contributed by atoms with Crippen LogP contribution in [0.5, 0.6) is 0 Å². The second kappa shape index (κ2) is 4.69. The third kappa shape index (κ3) is 2.67. The lowest BCUT2D eigenvalue weighted by Crippen LogP contribution is -2.18. The maximum Gasteiger partial charge on any atom is 0.0576 e. The highest BCUT2D eigenvalue weighted by Crippen LogP contribution is 2.16. The zero-order valence-corrected chi connectivity index (χ0v) is 6.38. The molecule has 0 aliphatic carbocycles. The zero-order valence-electron chi connectivity index (χ0n) is 6.38. The summed E-state index contributed by atoms with van der Waals surface area (Å²) < 4.78 is 5.47. The van der Waals surface area contributed by atoms with E-state index < -0.39 is 0 Å². The molecule has 2 heteroatoms. The van der Waals surface area contributed by atoms with Crippen molar-refractivity contribution in [1.29, 1.82) is 0 Å². The first-order chi connectivity index (χ1) is 4.93. The van der Waals surface area contributed by atoms with Crippen LogP contribution in [0.15, 0.2) is 0 Å². The molecule has 10 heavy (non-hydrogen) atoms. The lowest BCUT2D eigenvalue weighted by atomic mass is 10.1. The summed E-state index contributed by atoms with van der Waals surface area (Å²) in [7, 11) is 0. The average Bonchev–Trinajstić information content (AvgIpc) is 2.03. The molecule has 1 rings (SSSR count). The summed E-state index contributed by atoms with van der Waals surface area (Å²) in [6.07, 6.45) is 6.09. The molecular formula is C8H16O2. The van der Waals surface area contributed by atoms with Crippen LogP contribution in [-0.2, 0) is 4.74 Å². The number of ether oxygens (including phenoxy) is 1. The minimum Gasteiger partial charge on any atom is -0.396 e. The molecule has 1 heterocycles. The summed E-state index contributed by atoms with van der Waals surface area (Å²) in [6, 6.07) is 0. The van der Waals surface area contributed by atoms with Gasteiger partial charge in [0.25, 0.3) is 0 Å².